The highest BCUT2D eigenvalue weighted by molar-refractivity contribution is 5.24. The van der Waals surface area contributed by atoms with Crippen LogP contribution in [0.15, 0.2) is 10.9 Å². The highest BCUT2D eigenvalue weighted by atomic mass is 16.1. The highest BCUT2D eigenvalue weighted by Crippen LogP contribution is 2.07. The Hall–Kier alpha value is -1.09. The van der Waals surface area contributed by atoms with E-state index in [4.69, 9.17) is 5.73 Å². The van der Waals surface area contributed by atoms with Crippen molar-refractivity contribution in [3.8, 4) is 0 Å². The standard InChI is InChI=1S/C9H14N2O/c1-5-4-8(12)9(6(2)10)7(3)11-5/h4,6H,10H2,1-3H3,(H,11,12). The average Bonchev–Trinajstić information content (AvgIpc) is 1.82. The topological polar surface area (TPSA) is 58.9 Å². The van der Waals surface area contributed by atoms with Gasteiger partial charge < -0.3 is 10.7 Å². The molecule has 0 aliphatic heterocycles. The van der Waals surface area contributed by atoms with Crippen LogP contribution in [0.3, 0.4) is 0 Å². The summed E-state index contributed by atoms with van der Waals surface area (Å²) >= 11 is 0. The number of pyridine rings is 1. The lowest BCUT2D eigenvalue weighted by Gasteiger charge is -2.08. The van der Waals surface area contributed by atoms with Gasteiger partial charge in [-0.1, -0.05) is 0 Å². The maximum atomic E-state index is 11.4. The van der Waals surface area contributed by atoms with E-state index in [2.05, 4.69) is 4.98 Å². The first kappa shape index (κ1) is 9.00. The van der Waals surface area contributed by atoms with Gasteiger partial charge in [-0.3, -0.25) is 4.79 Å². The first-order valence-corrected chi connectivity index (χ1v) is 3.98. The second-order valence-electron chi connectivity index (χ2n) is 3.14. The third kappa shape index (κ3) is 1.56. The van der Waals surface area contributed by atoms with E-state index in [-0.39, 0.29) is 11.5 Å². The van der Waals surface area contributed by atoms with Gasteiger partial charge in [0.1, 0.15) is 0 Å². The largest absolute Gasteiger partial charge is 0.362 e. The summed E-state index contributed by atoms with van der Waals surface area (Å²) in [5.41, 5.74) is 8.10. The van der Waals surface area contributed by atoms with Gasteiger partial charge in [0.05, 0.1) is 0 Å². The second kappa shape index (κ2) is 3.11. The van der Waals surface area contributed by atoms with E-state index < -0.39 is 0 Å². The molecule has 0 aliphatic rings. The van der Waals surface area contributed by atoms with Crippen molar-refractivity contribution < 1.29 is 0 Å². The van der Waals surface area contributed by atoms with E-state index in [0.717, 1.165) is 11.4 Å². The van der Waals surface area contributed by atoms with Gasteiger partial charge in [0.25, 0.3) is 0 Å². The molecule has 0 fully saturated rings. The Kier molecular flexibility index (Phi) is 2.33. The molecule has 3 heteroatoms. The van der Waals surface area contributed by atoms with Gasteiger partial charge in [0, 0.05) is 29.1 Å². The molecule has 0 bridgehead atoms. The smallest absolute Gasteiger partial charge is 0.186 e. The maximum absolute atomic E-state index is 11.4. The quantitative estimate of drug-likeness (QED) is 0.654. The molecule has 1 rings (SSSR count). The molecule has 3 nitrogen and oxygen atoms in total. The van der Waals surface area contributed by atoms with Crippen molar-refractivity contribution >= 4 is 0 Å². The number of aryl methyl sites for hydroxylation is 2. The number of nitrogens with two attached hydrogens (primary N) is 1. The number of aromatic amines is 1. The van der Waals surface area contributed by atoms with Crippen LogP contribution in [0.5, 0.6) is 0 Å². The van der Waals surface area contributed by atoms with Crippen molar-refractivity contribution in [2.24, 2.45) is 5.73 Å². The molecule has 0 amide bonds. The van der Waals surface area contributed by atoms with Crippen molar-refractivity contribution in [1.29, 1.82) is 0 Å². The van der Waals surface area contributed by atoms with Crippen LogP contribution in [0.25, 0.3) is 0 Å². The molecule has 1 heterocycles. The Balaban J connectivity index is 3.39. The van der Waals surface area contributed by atoms with Crippen LogP contribution < -0.4 is 11.2 Å². The average molecular weight is 166 g/mol. The third-order valence-corrected chi connectivity index (χ3v) is 1.86. The lowest BCUT2D eigenvalue weighted by atomic mass is 10.1. The van der Waals surface area contributed by atoms with Crippen LogP contribution in [0.4, 0.5) is 0 Å². The molecule has 12 heavy (non-hydrogen) atoms. The predicted molar refractivity (Wildman–Crippen MR) is 49.1 cm³/mol. The van der Waals surface area contributed by atoms with Gasteiger partial charge in [0.15, 0.2) is 5.43 Å². The van der Waals surface area contributed by atoms with Crippen LogP contribution in [0.2, 0.25) is 0 Å². The molecule has 1 aromatic rings. The van der Waals surface area contributed by atoms with E-state index in [1.54, 1.807) is 6.07 Å². The van der Waals surface area contributed by atoms with Crippen molar-refractivity contribution in [2.75, 3.05) is 0 Å². The maximum Gasteiger partial charge on any atom is 0.186 e. The van der Waals surface area contributed by atoms with Crippen molar-refractivity contribution in [3.63, 3.8) is 0 Å². The second-order valence-corrected chi connectivity index (χ2v) is 3.14. The minimum absolute atomic E-state index is 0.0266. The number of hydrogen-bond donors (Lipinski definition) is 2. The first-order chi connectivity index (χ1) is 5.52. The number of hydrogen-bond acceptors (Lipinski definition) is 2. The summed E-state index contributed by atoms with van der Waals surface area (Å²) in [6.07, 6.45) is 0. The third-order valence-electron chi connectivity index (χ3n) is 1.86. The number of nitrogens with one attached hydrogen (secondary N) is 1. The normalized spacial score (nSPS) is 13.0. The molecule has 1 unspecified atom stereocenters. The van der Waals surface area contributed by atoms with Gasteiger partial charge in [-0.15, -0.1) is 0 Å². The fraction of sp³-hybridized carbons (Fsp3) is 0.444. The first-order valence-electron chi connectivity index (χ1n) is 3.98. The lowest BCUT2D eigenvalue weighted by molar-refractivity contribution is 0.788. The van der Waals surface area contributed by atoms with Crippen LogP contribution in [0.1, 0.15) is 29.9 Å². The number of H-pyrrole nitrogens is 1. The van der Waals surface area contributed by atoms with Gasteiger partial charge in [-0.05, 0) is 20.8 Å². The Morgan fingerprint density at radius 1 is 1.50 bits per heavy atom. The van der Waals surface area contributed by atoms with Gasteiger partial charge in [0.2, 0.25) is 0 Å². The zero-order chi connectivity index (χ0) is 9.30. The summed E-state index contributed by atoms with van der Waals surface area (Å²) in [4.78, 5) is 14.5. The monoisotopic (exact) mass is 166 g/mol. The summed E-state index contributed by atoms with van der Waals surface area (Å²) in [7, 11) is 0. The molecule has 0 saturated heterocycles. The number of rotatable bonds is 1. The van der Waals surface area contributed by atoms with E-state index in [9.17, 15) is 4.79 Å². The molecule has 0 aliphatic carbocycles. The van der Waals surface area contributed by atoms with Crippen LogP contribution in [-0.4, -0.2) is 4.98 Å². The van der Waals surface area contributed by atoms with E-state index in [1.165, 1.54) is 0 Å². The van der Waals surface area contributed by atoms with E-state index in [0.29, 0.717) is 5.56 Å². The molecule has 0 aromatic carbocycles. The molecule has 3 N–H and O–H groups in total. The van der Waals surface area contributed by atoms with Crippen LogP contribution >= 0.6 is 0 Å². The lowest BCUT2D eigenvalue weighted by Crippen LogP contribution is -2.20. The van der Waals surface area contributed by atoms with Crippen molar-refractivity contribution in [3.05, 3.63) is 33.2 Å². The fourth-order valence-corrected chi connectivity index (χ4v) is 1.42. The molecule has 66 valence electrons. The molecule has 1 atom stereocenters. The predicted octanol–water partition coefficient (Wildman–Crippen LogP) is 1.01. The molecule has 0 radical (unpaired) electrons. The number of aromatic nitrogens is 1. The highest BCUT2D eigenvalue weighted by Gasteiger charge is 2.08. The fourth-order valence-electron chi connectivity index (χ4n) is 1.42. The Labute approximate surface area is 71.6 Å². The summed E-state index contributed by atoms with van der Waals surface area (Å²) in [5, 5.41) is 0. The summed E-state index contributed by atoms with van der Waals surface area (Å²) in [5.74, 6) is 0. The molecular formula is C9H14N2O. The summed E-state index contributed by atoms with van der Waals surface area (Å²) in [6.45, 7) is 5.54. The Morgan fingerprint density at radius 3 is 2.50 bits per heavy atom. The zero-order valence-corrected chi connectivity index (χ0v) is 7.64. The van der Waals surface area contributed by atoms with E-state index >= 15 is 0 Å². The molecule has 0 saturated carbocycles. The minimum atomic E-state index is -0.200. The van der Waals surface area contributed by atoms with Gasteiger partial charge >= 0.3 is 0 Å². The van der Waals surface area contributed by atoms with Crippen molar-refractivity contribution in [1.82, 2.24) is 4.98 Å². The summed E-state index contributed by atoms with van der Waals surface area (Å²) in [6, 6.07) is 1.38. The minimum Gasteiger partial charge on any atom is -0.362 e. The molecular weight excluding hydrogens is 152 g/mol. The van der Waals surface area contributed by atoms with Crippen LogP contribution in [-0.2, 0) is 0 Å². The van der Waals surface area contributed by atoms with Gasteiger partial charge in [-0.2, -0.15) is 0 Å². The van der Waals surface area contributed by atoms with Crippen molar-refractivity contribution in [2.45, 2.75) is 26.8 Å². The van der Waals surface area contributed by atoms with Crippen LogP contribution in [0, 0.1) is 13.8 Å². The molecule has 0 spiro atoms. The molecule has 1 aromatic heterocycles. The zero-order valence-electron chi connectivity index (χ0n) is 7.64. The van der Waals surface area contributed by atoms with E-state index in [1.807, 2.05) is 20.8 Å². The Morgan fingerprint density at radius 2 is 2.08 bits per heavy atom. The SMILES string of the molecule is Cc1cc(=O)c(C(C)N)c(C)[nH]1. The Bertz CT molecular complexity index is 339. The van der Waals surface area contributed by atoms with Gasteiger partial charge in [-0.25, -0.2) is 0 Å². The summed E-state index contributed by atoms with van der Waals surface area (Å²) < 4.78 is 0.